The highest BCUT2D eigenvalue weighted by molar-refractivity contribution is 5.04. The highest BCUT2D eigenvalue weighted by atomic mass is 19.1. The zero-order valence-electron chi connectivity index (χ0n) is 7.46. The molecule has 2 aliphatic rings. The van der Waals surface area contributed by atoms with Crippen LogP contribution < -0.4 is 0 Å². The Bertz CT molecular complexity index is 171. The third-order valence-electron chi connectivity index (χ3n) is 3.25. The van der Waals surface area contributed by atoms with E-state index in [1.807, 2.05) is 0 Å². The van der Waals surface area contributed by atoms with Crippen LogP contribution in [0.1, 0.15) is 19.8 Å². The number of aliphatic hydroxyl groups excluding tert-OH is 1. The van der Waals surface area contributed by atoms with Crippen LogP contribution in [0.15, 0.2) is 0 Å². The first kappa shape index (κ1) is 8.45. The summed E-state index contributed by atoms with van der Waals surface area (Å²) >= 11 is 0. The Morgan fingerprint density at radius 3 is 2.83 bits per heavy atom. The van der Waals surface area contributed by atoms with E-state index in [1.54, 1.807) is 0 Å². The van der Waals surface area contributed by atoms with E-state index < -0.39 is 6.17 Å². The van der Waals surface area contributed by atoms with Crippen LogP contribution in [0.5, 0.6) is 0 Å². The van der Waals surface area contributed by atoms with E-state index in [0.29, 0.717) is 18.9 Å². The molecule has 2 nitrogen and oxygen atoms in total. The summed E-state index contributed by atoms with van der Waals surface area (Å²) < 4.78 is 13.1. The fraction of sp³-hybridized carbons (Fsp3) is 1.00. The fourth-order valence-corrected chi connectivity index (χ4v) is 2.84. The standard InChI is InChI=1S/C9H16FNO/c1-7-2-9(6-12)3-8(10)5-11(9)4-7/h7-8,12H,2-6H2,1H3. The number of aliphatic hydroxyl groups is 1. The maximum Gasteiger partial charge on any atom is 0.115 e. The molecule has 0 aliphatic carbocycles. The van der Waals surface area contributed by atoms with Crippen LogP contribution in [-0.4, -0.2) is 41.4 Å². The molecule has 0 saturated carbocycles. The van der Waals surface area contributed by atoms with E-state index in [9.17, 15) is 9.50 Å². The van der Waals surface area contributed by atoms with Crippen molar-refractivity contribution in [3.05, 3.63) is 0 Å². The maximum absolute atomic E-state index is 13.1. The molecule has 0 radical (unpaired) electrons. The molecule has 0 aromatic carbocycles. The van der Waals surface area contributed by atoms with Gasteiger partial charge in [-0.15, -0.1) is 0 Å². The van der Waals surface area contributed by atoms with E-state index in [4.69, 9.17) is 0 Å². The first-order valence-corrected chi connectivity index (χ1v) is 4.66. The molecule has 2 aliphatic heterocycles. The number of alkyl halides is 1. The number of rotatable bonds is 1. The molecule has 0 aromatic rings. The fourth-order valence-electron chi connectivity index (χ4n) is 2.84. The zero-order valence-corrected chi connectivity index (χ0v) is 7.46. The van der Waals surface area contributed by atoms with Gasteiger partial charge in [0.05, 0.1) is 6.61 Å². The Hall–Kier alpha value is -0.150. The van der Waals surface area contributed by atoms with Gasteiger partial charge in [0.25, 0.3) is 0 Å². The van der Waals surface area contributed by atoms with Crippen LogP contribution in [0.2, 0.25) is 0 Å². The normalized spacial score (nSPS) is 48.2. The Labute approximate surface area is 72.4 Å². The predicted molar refractivity (Wildman–Crippen MR) is 44.7 cm³/mol. The van der Waals surface area contributed by atoms with Gasteiger partial charge in [-0.05, 0) is 12.3 Å². The molecule has 0 bridgehead atoms. The van der Waals surface area contributed by atoms with Crippen molar-refractivity contribution in [1.29, 1.82) is 0 Å². The van der Waals surface area contributed by atoms with Gasteiger partial charge in [0.1, 0.15) is 6.17 Å². The molecule has 1 N–H and O–H groups in total. The van der Waals surface area contributed by atoms with Crippen LogP contribution >= 0.6 is 0 Å². The number of hydrogen-bond acceptors (Lipinski definition) is 2. The molecule has 0 spiro atoms. The van der Waals surface area contributed by atoms with Crippen molar-refractivity contribution in [3.63, 3.8) is 0 Å². The second-order valence-corrected chi connectivity index (χ2v) is 4.40. The van der Waals surface area contributed by atoms with Crippen molar-refractivity contribution in [2.75, 3.05) is 19.7 Å². The molecular weight excluding hydrogens is 157 g/mol. The van der Waals surface area contributed by atoms with Gasteiger partial charge in [0, 0.05) is 25.0 Å². The van der Waals surface area contributed by atoms with Gasteiger partial charge in [-0.2, -0.15) is 0 Å². The predicted octanol–water partition coefficient (Wildman–Crippen LogP) is 0.801. The average Bonchev–Trinajstić information content (AvgIpc) is 2.40. The largest absolute Gasteiger partial charge is 0.394 e. The number of hydrogen-bond donors (Lipinski definition) is 1. The van der Waals surface area contributed by atoms with Crippen LogP contribution in [0, 0.1) is 5.92 Å². The Balaban J connectivity index is 2.16. The molecule has 2 fully saturated rings. The van der Waals surface area contributed by atoms with E-state index >= 15 is 0 Å². The molecule has 0 aromatic heterocycles. The van der Waals surface area contributed by atoms with Gasteiger partial charge in [-0.1, -0.05) is 6.92 Å². The minimum Gasteiger partial charge on any atom is -0.394 e. The molecule has 70 valence electrons. The lowest BCUT2D eigenvalue weighted by Gasteiger charge is -2.28. The summed E-state index contributed by atoms with van der Waals surface area (Å²) in [5.74, 6) is 0.615. The van der Waals surface area contributed by atoms with E-state index in [1.165, 1.54) is 0 Å². The summed E-state index contributed by atoms with van der Waals surface area (Å²) in [7, 11) is 0. The Kier molecular flexibility index (Phi) is 1.88. The van der Waals surface area contributed by atoms with Crippen LogP contribution in [0.25, 0.3) is 0 Å². The van der Waals surface area contributed by atoms with Gasteiger partial charge < -0.3 is 5.11 Å². The average molecular weight is 173 g/mol. The Morgan fingerprint density at radius 2 is 2.25 bits per heavy atom. The molecule has 2 saturated heterocycles. The summed E-state index contributed by atoms with van der Waals surface area (Å²) in [5.41, 5.74) is -0.196. The van der Waals surface area contributed by atoms with Crippen molar-refractivity contribution in [2.45, 2.75) is 31.5 Å². The van der Waals surface area contributed by atoms with Gasteiger partial charge in [-0.3, -0.25) is 4.90 Å². The zero-order chi connectivity index (χ0) is 8.77. The van der Waals surface area contributed by atoms with E-state index in [0.717, 1.165) is 13.0 Å². The van der Waals surface area contributed by atoms with Crippen LogP contribution in [0.3, 0.4) is 0 Å². The molecule has 3 heteroatoms. The summed E-state index contributed by atoms with van der Waals surface area (Å²) in [6.45, 7) is 3.78. The molecule has 3 unspecified atom stereocenters. The first-order chi connectivity index (χ1) is 5.66. The third kappa shape index (κ3) is 1.07. The summed E-state index contributed by atoms with van der Waals surface area (Å²) in [5, 5.41) is 9.25. The lowest BCUT2D eigenvalue weighted by Crippen LogP contribution is -2.41. The second-order valence-electron chi connectivity index (χ2n) is 4.40. The van der Waals surface area contributed by atoms with Crippen molar-refractivity contribution >= 4 is 0 Å². The lowest BCUT2D eigenvalue weighted by atomic mass is 9.91. The summed E-state index contributed by atoms with van der Waals surface area (Å²) in [6.07, 6.45) is 0.780. The van der Waals surface area contributed by atoms with E-state index in [2.05, 4.69) is 11.8 Å². The summed E-state index contributed by atoms with van der Waals surface area (Å²) in [6, 6.07) is 0. The monoisotopic (exact) mass is 173 g/mol. The van der Waals surface area contributed by atoms with Crippen LogP contribution in [-0.2, 0) is 0 Å². The number of halogens is 1. The highest BCUT2D eigenvalue weighted by Crippen LogP contribution is 2.41. The highest BCUT2D eigenvalue weighted by Gasteiger charge is 2.50. The van der Waals surface area contributed by atoms with Gasteiger partial charge >= 0.3 is 0 Å². The SMILES string of the molecule is CC1CN2CC(F)CC2(CO)C1. The van der Waals surface area contributed by atoms with Crippen molar-refractivity contribution in [1.82, 2.24) is 4.90 Å². The minimum atomic E-state index is -0.718. The number of nitrogens with zero attached hydrogens (tertiary/aromatic N) is 1. The molecule has 2 rings (SSSR count). The van der Waals surface area contributed by atoms with Crippen LogP contribution in [0.4, 0.5) is 4.39 Å². The molecule has 3 atom stereocenters. The Morgan fingerprint density at radius 1 is 1.50 bits per heavy atom. The first-order valence-electron chi connectivity index (χ1n) is 4.66. The maximum atomic E-state index is 13.1. The molecule has 0 amide bonds. The van der Waals surface area contributed by atoms with Crippen molar-refractivity contribution in [2.24, 2.45) is 5.92 Å². The van der Waals surface area contributed by atoms with E-state index in [-0.39, 0.29) is 12.1 Å². The number of fused-ring (bicyclic) bond motifs is 1. The third-order valence-corrected chi connectivity index (χ3v) is 3.25. The smallest absolute Gasteiger partial charge is 0.115 e. The van der Waals surface area contributed by atoms with Gasteiger partial charge in [0.15, 0.2) is 0 Å². The van der Waals surface area contributed by atoms with Gasteiger partial charge in [0.2, 0.25) is 0 Å². The van der Waals surface area contributed by atoms with Crippen molar-refractivity contribution < 1.29 is 9.50 Å². The molecule has 2 heterocycles. The topological polar surface area (TPSA) is 23.5 Å². The lowest BCUT2D eigenvalue weighted by molar-refractivity contribution is 0.0995. The minimum absolute atomic E-state index is 0.123. The quantitative estimate of drug-likeness (QED) is 0.634. The second kappa shape index (κ2) is 2.67. The van der Waals surface area contributed by atoms with Gasteiger partial charge in [-0.25, -0.2) is 4.39 Å². The summed E-state index contributed by atoms with van der Waals surface area (Å²) in [4.78, 5) is 2.13. The molecular formula is C9H16FNO. The van der Waals surface area contributed by atoms with Crippen molar-refractivity contribution in [3.8, 4) is 0 Å². The molecule has 12 heavy (non-hydrogen) atoms.